The van der Waals surface area contributed by atoms with Crippen LogP contribution < -0.4 is 5.32 Å². The van der Waals surface area contributed by atoms with E-state index in [1.54, 1.807) is 0 Å². The molecule has 1 rings (SSSR count). The van der Waals surface area contributed by atoms with Crippen LogP contribution in [0.2, 0.25) is 0 Å². The van der Waals surface area contributed by atoms with Gasteiger partial charge >= 0.3 is 6.09 Å². The van der Waals surface area contributed by atoms with Crippen LogP contribution in [-0.4, -0.2) is 78.2 Å². The van der Waals surface area contributed by atoms with Crippen LogP contribution in [0.3, 0.4) is 0 Å². The molecule has 1 aliphatic rings. The molecule has 0 spiro atoms. The SMILES string of the molecule is CCN(CC1CCN(C(=NC)NCC(C)(C)SC)CC1)C(=O)OC(C)(C)C. The lowest BCUT2D eigenvalue weighted by molar-refractivity contribution is 0.0214. The molecule has 0 bridgehead atoms. The van der Waals surface area contributed by atoms with Gasteiger partial charge in [0.25, 0.3) is 0 Å². The molecule has 0 unspecified atom stereocenters. The van der Waals surface area contributed by atoms with E-state index in [0.717, 1.165) is 45.0 Å². The van der Waals surface area contributed by atoms with Crippen LogP contribution in [0.4, 0.5) is 4.79 Å². The van der Waals surface area contributed by atoms with Crippen molar-refractivity contribution in [3.63, 3.8) is 0 Å². The average molecular weight is 401 g/mol. The van der Waals surface area contributed by atoms with Gasteiger partial charge in [0.2, 0.25) is 0 Å². The van der Waals surface area contributed by atoms with Crippen LogP contribution >= 0.6 is 11.8 Å². The van der Waals surface area contributed by atoms with Crippen molar-refractivity contribution in [3.05, 3.63) is 0 Å². The van der Waals surface area contributed by atoms with Crippen LogP contribution in [0.15, 0.2) is 4.99 Å². The molecule has 1 fully saturated rings. The van der Waals surface area contributed by atoms with Gasteiger partial charge in [-0.15, -0.1) is 0 Å². The second-order valence-corrected chi connectivity index (χ2v) is 10.3. The molecular formula is C20H40N4O2S. The summed E-state index contributed by atoms with van der Waals surface area (Å²) in [5.74, 6) is 1.49. The predicted octanol–water partition coefficient (Wildman–Crippen LogP) is 3.67. The lowest BCUT2D eigenvalue weighted by atomic mass is 9.96. The second kappa shape index (κ2) is 10.4. The maximum atomic E-state index is 12.4. The molecule has 0 aromatic rings. The van der Waals surface area contributed by atoms with Gasteiger partial charge in [-0.1, -0.05) is 0 Å². The number of hydrogen-bond acceptors (Lipinski definition) is 4. The number of ether oxygens (including phenoxy) is 1. The number of thioether (sulfide) groups is 1. The van der Waals surface area contributed by atoms with E-state index < -0.39 is 5.60 Å². The summed E-state index contributed by atoms with van der Waals surface area (Å²) in [6, 6.07) is 0. The van der Waals surface area contributed by atoms with E-state index in [9.17, 15) is 4.79 Å². The van der Waals surface area contributed by atoms with E-state index in [1.165, 1.54) is 0 Å². The highest BCUT2D eigenvalue weighted by Crippen LogP contribution is 2.22. The van der Waals surface area contributed by atoms with Crippen molar-refractivity contribution in [2.75, 3.05) is 46.0 Å². The maximum Gasteiger partial charge on any atom is 0.410 e. The lowest BCUT2D eigenvalue weighted by Crippen LogP contribution is -2.49. The Hall–Kier alpha value is -1.11. The van der Waals surface area contributed by atoms with Crippen molar-refractivity contribution in [1.82, 2.24) is 15.1 Å². The zero-order valence-electron chi connectivity index (χ0n) is 18.6. The monoisotopic (exact) mass is 400 g/mol. The maximum absolute atomic E-state index is 12.4. The predicted molar refractivity (Wildman–Crippen MR) is 117 cm³/mol. The van der Waals surface area contributed by atoms with E-state index in [4.69, 9.17) is 4.74 Å². The topological polar surface area (TPSA) is 57.2 Å². The molecule has 1 aliphatic heterocycles. The first-order valence-electron chi connectivity index (χ1n) is 10.00. The van der Waals surface area contributed by atoms with Crippen molar-refractivity contribution < 1.29 is 9.53 Å². The van der Waals surface area contributed by atoms with Crippen LogP contribution in [0, 0.1) is 5.92 Å². The second-order valence-electron chi connectivity index (χ2n) is 8.81. The Morgan fingerprint density at radius 3 is 2.30 bits per heavy atom. The number of likely N-dealkylation sites (tertiary alicyclic amines) is 1. The zero-order valence-corrected chi connectivity index (χ0v) is 19.4. The number of piperidine rings is 1. The summed E-state index contributed by atoms with van der Waals surface area (Å²) in [5, 5.41) is 3.51. The minimum absolute atomic E-state index is 0.184. The van der Waals surface area contributed by atoms with Crippen molar-refractivity contribution in [2.45, 2.75) is 64.7 Å². The van der Waals surface area contributed by atoms with Crippen LogP contribution in [-0.2, 0) is 4.74 Å². The summed E-state index contributed by atoms with van der Waals surface area (Å²) in [4.78, 5) is 21.0. The fourth-order valence-corrected chi connectivity index (χ4v) is 3.21. The van der Waals surface area contributed by atoms with Gasteiger partial charge in [-0.3, -0.25) is 4.99 Å². The van der Waals surface area contributed by atoms with Gasteiger partial charge < -0.3 is 19.9 Å². The van der Waals surface area contributed by atoms with Crippen LogP contribution in [0.1, 0.15) is 54.4 Å². The smallest absolute Gasteiger partial charge is 0.410 e. The molecule has 1 N–H and O–H groups in total. The number of rotatable bonds is 6. The Balaban J connectivity index is 2.51. The molecule has 0 saturated carbocycles. The average Bonchev–Trinajstić information content (AvgIpc) is 2.59. The largest absolute Gasteiger partial charge is 0.444 e. The molecule has 0 aliphatic carbocycles. The summed E-state index contributed by atoms with van der Waals surface area (Å²) in [5.41, 5.74) is -0.448. The third kappa shape index (κ3) is 8.62. The normalized spacial score (nSPS) is 17.0. The summed E-state index contributed by atoms with van der Waals surface area (Å²) in [6.45, 7) is 16.5. The number of nitrogens with one attached hydrogen (secondary N) is 1. The van der Waals surface area contributed by atoms with Gasteiger partial charge in [0.05, 0.1) is 0 Å². The highest BCUT2D eigenvalue weighted by Gasteiger charge is 2.27. The highest BCUT2D eigenvalue weighted by atomic mass is 32.2. The summed E-state index contributed by atoms with van der Waals surface area (Å²) in [7, 11) is 1.85. The standard InChI is InChI=1S/C20H40N4O2S/c1-9-23(18(25)26-19(2,3)4)14-16-10-12-24(13-11-16)17(21-7)22-15-20(5,6)27-8/h16H,9-15H2,1-8H3,(H,21,22). The van der Waals surface area contributed by atoms with Gasteiger partial charge in [-0.25, -0.2) is 4.79 Å². The fraction of sp³-hybridized carbons (Fsp3) is 0.900. The zero-order chi connectivity index (χ0) is 20.7. The Labute approximate surface area is 170 Å². The molecule has 27 heavy (non-hydrogen) atoms. The molecular weight excluding hydrogens is 360 g/mol. The number of guanidine groups is 1. The number of carbonyl (C=O) groups excluding carboxylic acids is 1. The van der Waals surface area contributed by atoms with E-state index in [0.29, 0.717) is 12.5 Å². The Bertz CT molecular complexity index is 495. The Morgan fingerprint density at radius 1 is 1.26 bits per heavy atom. The molecule has 0 aromatic carbocycles. The third-order valence-corrected chi connectivity index (χ3v) is 6.11. The number of hydrogen-bond donors (Lipinski definition) is 1. The van der Waals surface area contributed by atoms with Gasteiger partial charge in [-0.05, 0) is 66.6 Å². The Morgan fingerprint density at radius 2 is 1.85 bits per heavy atom. The molecule has 1 heterocycles. The van der Waals surface area contributed by atoms with Crippen molar-refractivity contribution in [2.24, 2.45) is 10.9 Å². The molecule has 1 saturated heterocycles. The molecule has 0 radical (unpaired) electrons. The van der Waals surface area contributed by atoms with E-state index in [-0.39, 0.29) is 10.8 Å². The number of amides is 1. The number of carbonyl (C=O) groups is 1. The minimum Gasteiger partial charge on any atom is -0.444 e. The lowest BCUT2D eigenvalue weighted by Gasteiger charge is -2.37. The molecule has 6 nitrogen and oxygen atoms in total. The van der Waals surface area contributed by atoms with Gasteiger partial charge in [-0.2, -0.15) is 11.8 Å². The fourth-order valence-electron chi connectivity index (χ4n) is 2.99. The highest BCUT2D eigenvalue weighted by molar-refractivity contribution is 7.99. The Kier molecular flexibility index (Phi) is 9.25. The minimum atomic E-state index is -0.448. The third-order valence-electron chi connectivity index (χ3n) is 4.86. The number of nitrogens with zero attached hydrogens (tertiary/aromatic N) is 3. The summed E-state index contributed by atoms with van der Waals surface area (Å²) >= 11 is 1.86. The summed E-state index contributed by atoms with van der Waals surface area (Å²) in [6.07, 6.45) is 4.06. The quantitative estimate of drug-likeness (QED) is 0.544. The van der Waals surface area contributed by atoms with Gasteiger partial charge in [0.1, 0.15) is 5.60 Å². The van der Waals surface area contributed by atoms with Crippen molar-refractivity contribution >= 4 is 23.8 Å². The first kappa shape index (κ1) is 23.9. The number of aliphatic imine (C=N–C) groups is 1. The van der Waals surface area contributed by atoms with E-state index in [2.05, 4.69) is 35.3 Å². The van der Waals surface area contributed by atoms with Crippen molar-refractivity contribution in [1.29, 1.82) is 0 Å². The van der Waals surface area contributed by atoms with Crippen molar-refractivity contribution in [3.8, 4) is 0 Å². The van der Waals surface area contributed by atoms with Gasteiger partial charge in [0.15, 0.2) is 5.96 Å². The summed E-state index contributed by atoms with van der Waals surface area (Å²) < 4.78 is 5.71. The molecule has 158 valence electrons. The molecule has 0 atom stereocenters. The van der Waals surface area contributed by atoms with Gasteiger partial charge in [0, 0.05) is 44.5 Å². The van der Waals surface area contributed by atoms with E-state index >= 15 is 0 Å². The first-order valence-corrected chi connectivity index (χ1v) is 11.2. The molecule has 0 aromatic heterocycles. The first-order chi connectivity index (χ1) is 12.5. The molecule has 1 amide bonds. The van der Waals surface area contributed by atoms with Crippen LogP contribution in [0.5, 0.6) is 0 Å². The van der Waals surface area contributed by atoms with E-state index in [1.807, 2.05) is 51.4 Å². The molecule has 7 heteroatoms. The van der Waals surface area contributed by atoms with Crippen LogP contribution in [0.25, 0.3) is 0 Å².